The minimum Gasteiger partial charge on any atom is -0.496 e. The highest BCUT2D eigenvalue weighted by Gasteiger charge is 2.41. The number of piperidine rings is 1. The van der Waals surface area contributed by atoms with E-state index in [9.17, 15) is 4.79 Å². The first-order chi connectivity index (χ1) is 13.0. The van der Waals surface area contributed by atoms with Crippen LogP contribution in [0.2, 0.25) is 5.02 Å². The summed E-state index contributed by atoms with van der Waals surface area (Å²) in [5.41, 5.74) is 6.62. The van der Waals surface area contributed by atoms with Crippen molar-refractivity contribution in [1.29, 1.82) is 0 Å². The van der Waals surface area contributed by atoms with Crippen LogP contribution in [0.25, 0.3) is 0 Å². The van der Waals surface area contributed by atoms with Crippen LogP contribution in [0.3, 0.4) is 0 Å². The second-order valence-corrected chi connectivity index (χ2v) is 7.76. The molecule has 4 rings (SSSR count). The Morgan fingerprint density at radius 1 is 1.37 bits per heavy atom. The van der Waals surface area contributed by atoms with Crippen LogP contribution in [0.4, 0.5) is 5.69 Å². The van der Waals surface area contributed by atoms with E-state index in [0.29, 0.717) is 34.1 Å². The van der Waals surface area contributed by atoms with Gasteiger partial charge in [-0.3, -0.25) is 9.69 Å². The minimum atomic E-state index is -0.169. The fourth-order valence-electron chi connectivity index (χ4n) is 4.41. The highest BCUT2D eigenvalue weighted by molar-refractivity contribution is 6.33. The number of furan rings is 1. The highest BCUT2D eigenvalue weighted by atomic mass is 35.5. The number of nitrogen functional groups attached to an aromatic ring is 1. The number of amides is 1. The predicted octanol–water partition coefficient (Wildman–Crippen LogP) is 3.45. The molecule has 7 heteroatoms. The van der Waals surface area contributed by atoms with Crippen LogP contribution < -0.4 is 15.8 Å². The van der Waals surface area contributed by atoms with Crippen LogP contribution in [0.1, 0.15) is 41.8 Å². The number of rotatable bonds is 5. The average molecular weight is 390 g/mol. The zero-order valence-corrected chi connectivity index (χ0v) is 16.0. The Balaban J connectivity index is 1.43. The molecule has 27 heavy (non-hydrogen) atoms. The van der Waals surface area contributed by atoms with Gasteiger partial charge in [-0.05, 0) is 43.9 Å². The van der Waals surface area contributed by atoms with Crippen molar-refractivity contribution in [1.82, 2.24) is 10.2 Å². The van der Waals surface area contributed by atoms with Gasteiger partial charge >= 0.3 is 0 Å². The first kappa shape index (κ1) is 18.2. The molecular weight excluding hydrogens is 366 g/mol. The number of nitrogens with zero attached hydrogens (tertiary/aromatic N) is 1. The molecule has 3 N–H and O–H groups in total. The molecule has 1 unspecified atom stereocenters. The van der Waals surface area contributed by atoms with Crippen LogP contribution >= 0.6 is 11.6 Å². The molecule has 2 aromatic rings. The number of hydrogen-bond acceptors (Lipinski definition) is 5. The number of ether oxygens (including phenoxy) is 1. The number of carbonyl (C=O) groups excluding carboxylic acids is 1. The lowest BCUT2D eigenvalue weighted by Crippen LogP contribution is -2.50. The maximum absolute atomic E-state index is 12.8. The normalized spacial score (nSPS) is 24.7. The molecule has 2 bridgehead atoms. The van der Waals surface area contributed by atoms with E-state index < -0.39 is 0 Å². The third-order valence-corrected chi connectivity index (χ3v) is 6.03. The van der Waals surface area contributed by atoms with Gasteiger partial charge in [0.2, 0.25) is 0 Å². The molecule has 6 nitrogen and oxygen atoms in total. The van der Waals surface area contributed by atoms with Gasteiger partial charge in [-0.25, -0.2) is 0 Å². The van der Waals surface area contributed by atoms with Gasteiger partial charge in [-0.1, -0.05) is 11.6 Å². The fourth-order valence-corrected chi connectivity index (χ4v) is 4.57. The van der Waals surface area contributed by atoms with Crippen LogP contribution in [-0.2, 0) is 6.54 Å². The van der Waals surface area contributed by atoms with E-state index >= 15 is 0 Å². The molecule has 3 atom stereocenters. The Hall–Kier alpha value is -2.18. The third kappa shape index (κ3) is 3.64. The summed E-state index contributed by atoms with van der Waals surface area (Å²) in [5.74, 6) is 1.26. The number of carbonyl (C=O) groups is 1. The number of hydrogen-bond donors (Lipinski definition) is 2. The van der Waals surface area contributed by atoms with E-state index in [1.807, 2.05) is 12.1 Å². The minimum absolute atomic E-state index is 0.142. The van der Waals surface area contributed by atoms with Crippen molar-refractivity contribution in [3.05, 3.63) is 46.9 Å². The molecule has 0 radical (unpaired) electrons. The zero-order chi connectivity index (χ0) is 19.0. The molecule has 1 amide bonds. The number of fused-ring (bicyclic) bond motifs is 2. The first-order valence-corrected chi connectivity index (χ1v) is 9.65. The maximum Gasteiger partial charge on any atom is 0.255 e. The van der Waals surface area contributed by atoms with Gasteiger partial charge in [0.25, 0.3) is 5.91 Å². The monoisotopic (exact) mass is 389 g/mol. The molecule has 0 aliphatic carbocycles. The topological polar surface area (TPSA) is 80.7 Å². The molecule has 0 saturated carbocycles. The lowest BCUT2D eigenvalue weighted by molar-refractivity contribution is 0.0804. The summed E-state index contributed by atoms with van der Waals surface area (Å²) < 4.78 is 10.8. The lowest BCUT2D eigenvalue weighted by Gasteiger charge is -2.38. The molecule has 1 aromatic heterocycles. The summed E-state index contributed by atoms with van der Waals surface area (Å²) in [6.45, 7) is 0.838. The number of anilines is 1. The van der Waals surface area contributed by atoms with Crippen molar-refractivity contribution >= 4 is 23.2 Å². The molecule has 2 saturated heterocycles. The zero-order valence-electron chi connectivity index (χ0n) is 15.3. The SMILES string of the molecule is COc1cc(N)c(Cl)cc1C(=O)NC1C[C@H]2CC[C@@H](C1)N2Cc1ccco1. The van der Waals surface area contributed by atoms with E-state index in [1.165, 1.54) is 7.11 Å². The summed E-state index contributed by atoms with van der Waals surface area (Å²) in [6, 6.07) is 8.19. The van der Waals surface area contributed by atoms with Crippen LogP contribution in [-0.4, -0.2) is 36.0 Å². The molecule has 0 spiro atoms. The second-order valence-electron chi connectivity index (χ2n) is 7.35. The number of methoxy groups -OCH3 is 1. The van der Waals surface area contributed by atoms with Crippen molar-refractivity contribution in [3.8, 4) is 5.75 Å². The molecule has 2 aliphatic rings. The molecule has 3 heterocycles. The molecular formula is C20H24ClN3O3. The van der Waals surface area contributed by atoms with E-state index in [-0.39, 0.29) is 11.9 Å². The number of halogens is 1. The quantitative estimate of drug-likeness (QED) is 0.765. The van der Waals surface area contributed by atoms with E-state index in [4.69, 9.17) is 26.5 Å². The van der Waals surface area contributed by atoms with Gasteiger partial charge in [0.15, 0.2) is 0 Å². The van der Waals surface area contributed by atoms with Gasteiger partial charge < -0.3 is 20.2 Å². The highest BCUT2D eigenvalue weighted by Crippen LogP contribution is 2.37. The summed E-state index contributed by atoms with van der Waals surface area (Å²) in [4.78, 5) is 15.3. The Bertz CT molecular complexity index is 810. The lowest BCUT2D eigenvalue weighted by atomic mass is 9.96. The second kappa shape index (κ2) is 7.44. The molecule has 144 valence electrons. The van der Waals surface area contributed by atoms with Crippen molar-refractivity contribution in [2.45, 2.75) is 50.4 Å². The van der Waals surface area contributed by atoms with E-state index in [1.54, 1.807) is 18.4 Å². The number of nitrogens with two attached hydrogens (primary N) is 1. The number of benzene rings is 1. The Kier molecular flexibility index (Phi) is 5.02. The van der Waals surface area contributed by atoms with Crippen molar-refractivity contribution in [2.24, 2.45) is 0 Å². The summed E-state index contributed by atoms with van der Waals surface area (Å²) in [5, 5.41) is 3.52. The summed E-state index contributed by atoms with van der Waals surface area (Å²) in [7, 11) is 1.52. The van der Waals surface area contributed by atoms with Crippen LogP contribution in [0.5, 0.6) is 5.75 Å². The van der Waals surface area contributed by atoms with Crippen LogP contribution in [0.15, 0.2) is 34.9 Å². The van der Waals surface area contributed by atoms with Gasteiger partial charge in [0, 0.05) is 24.2 Å². The fraction of sp³-hybridized carbons (Fsp3) is 0.450. The average Bonchev–Trinajstić information content (AvgIpc) is 3.23. The van der Waals surface area contributed by atoms with Gasteiger partial charge in [0.05, 0.1) is 36.2 Å². The van der Waals surface area contributed by atoms with Gasteiger partial charge in [0.1, 0.15) is 11.5 Å². The predicted molar refractivity (Wildman–Crippen MR) is 104 cm³/mol. The molecule has 2 fully saturated rings. The van der Waals surface area contributed by atoms with E-state index in [0.717, 1.165) is 38.0 Å². The standard InChI is InChI=1S/C20H24ClN3O3/c1-26-19-10-18(22)17(21)9-16(19)20(25)23-12-7-13-4-5-14(8-12)24(13)11-15-3-2-6-27-15/h2-3,6,9-10,12-14H,4-5,7-8,11,22H2,1H3,(H,23,25)/t12?,13-,14+. The molecule has 1 aromatic carbocycles. The first-order valence-electron chi connectivity index (χ1n) is 9.27. The smallest absolute Gasteiger partial charge is 0.255 e. The van der Waals surface area contributed by atoms with Gasteiger partial charge in [-0.2, -0.15) is 0 Å². The Morgan fingerprint density at radius 3 is 2.74 bits per heavy atom. The largest absolute Gasteiger partial charge is 0.496 e. The van der Waals surface area contributed by atoms with E-state index in [2.05, 4.69) is 10.2 Å². The van der Waals surface area contributed by atoms with Crippen molar-refractivity contribution in [3.63, 3.8) is 0 Å². The number of nitrogens with one attached hydrogen (secondary N) is 1. The summed E-state index contributed by atoms with van der Waals surface area (Å²) in [6.07, 6.45) is 5.92. The third-order valence-electron chi connectivity index (χ3n) is 5.70. The van der Waals surface area contributed by atoms with Gasteiger partial charge in [-0.15, -0.1) is 0 Å². The Morgan fingerprint density at radius 2 is 2.11 bits per heavy atom. The van der Waals surface area contributed by atoms with Crippen LogP contribution in [0, 0.1) is 0 Å². The Labute approximate surface area is 163 Å². The molecule has 2 aliphatic heterocycles. The summed E-state index contributed by atoms with van der Waals surface area (Å²) >= 11 is 6.10. The maximum atomic E-state index is 12.8. The van der Waals surface area contributed by atoms with Crippen molar-refractivity contribution < 1.29 is 13.9 Å². The van der Waals surface area contributed by atoms with Crippen molar-refractivity contribution in [2.75, 3.05) is 12.8 Å².